The van der Waals surface area contributed by atoms with Crippen molar-refractivity contribution in [2.45, 2.75) is 83.9 Å². The van der Waals surface area contributed by atoms with Gasteiger partial charge in [0.1, 0.15) is 0 Å². The van der Waals surface area contributed by atoms with Crippen molar-refractivity contribution in [1.82, 2.24) is 16.0 Å². The maximum Gasteiger partial charge on any atom is 0.321 e. The topological polar surface area (TPSA) is 114 Å². The molecule has 0 aromatic rings. The zero-order valence-electron chi connectivity index (χ0n) is 17.1. The van der Waals surface area contributed by atoms with Crippen LogP contribution in [0.15, 0.2) is 0 Å². The molecule has 4 rings (SSSR count). The van der Waals surface area contributed by atoms with Crippen LogP contribution in [-0.2, 0) is 19.1 Å². The normalized spacial score (nSPS) is 33.9. The molecule has 3 atom stereocenters. The highest BCUT2D eigenvalue weighted by molar-refractivity contribution is 5.97. The number of carbonyl (C=O) groups excluding carboxylic acids is 4. The molecule has 8 nitrogen and oxygen atoms in total. The van der Waals surface area contributed by atoms with E-state index in [2.05, 4.69) is 16.0 Å². The van der Waals surface area contributed by atoms with Crippen molar-refractivity contribution >= 4 is 23.8 Å². The lowest BCUT2D eigenvalue weighted by molar-refractivity contribution is -0.182. The first kappa shape index (κ1) is 20.6. The van der Waals surface area contributed by atoms with Crippen molar-refractivity contribution in [1.29, 1.82) is 0 Å². The van der Waals surface area contributed by atoms with Crippen molar-refractivity contribution in [3.05, 3.63) is 0 Å². The predicted octanol–water partition coefficient (Wildman–Crippen LogP) is 1.63. The van der Waals surface area contributed by atoms with Crippen LogP contribution in [0.3, 0.4) is 0 Å². The van der Waals surface area contributed by atoms with E-state index in [1.807, 2.05) is 0 Å². The van der Waals surface area contributed by atoms with Crippen molar-refractivity contribution in [2.24, 2.45) is 17.3 Å². The first-order valence-electron chi connectivity index (χ1n) is 10.1. The van der Waals surface area contributed by atoms with Gasteiger partial charge in [-0.2, -0.15) is 0 Å². The van der Waals surface area contributed by atoms with Crippen molar-refractivity contribution in [3.8, 4) is 0 Å². The van der Waals surface area contributed by atoms with Gasteiger partial charge in [-0.05, 0) is 71.1 Å². The summed E-state index contributed by atoms with van der Waals surface area (Å²) in [7, 11) is 0. The molecule has 3 unspecified atom stereocenters. The van der Waals surface area contributed by atoms with Gasteiger partial charge >= 0.3 is 12.0 Å². The van der Waals surface area contributed by atoms with E-state index in [0.29, 0.717) is 18.3 Å². The number of rotatable bonds is 5. The summed E-state index contributed by atoms with van der Waals surface area (Å²) in [6, 6.07) is -0.718. The van der Waals surface area contributed by atoms with Crippen molar-refractivity contribution in [2.75, 3.05) is 0 Å². The van der Waals surface area contributed by atoms with E-state index in [-0.39, 0.29) is 23.5 Å². The Bertz CT molecular complexity index is 675. The Morgan fingerprint density at radius 3 is 2.14 bits per heavy atom. The number of urea groups is 1. The molecule has 156 valence electrons. The molecule has 3 N–H and O–H groups in total. The van der Waals surface area contributed by atoms with E-state index in [0.717, 1.165) is 32.1 Å². The van der Waals surface area contributed by atoms with E-state index in [1.165, 1.54) is 13.8 Å². The molecule has 4 aliphatic rings. The molecule has 0 aromatic carbocycles. The molecule has 4 fully saturated rings. The fraction of sp³-hybridized carbons (Fsp3) is 0.800. The minimum Gasteiger partial charge on any atom is -0.452 e. The second kappa shape index (κ2) is 7.37. The molecule has 4 aliphatic carbocycles. The number of imide groups is 1. The molecule has 4 amide bonds. The Labute approximate surface area is 165 Å². The van der Waals surface area contributed by atoms with Crippen LogP contribution in [0.1, 0.15) is 66.2 Å². The molecule has 8 heteroatoms. The first-order chi connectivity index (χ1) is 13.0. The van der Waals surface area contributed by atoms with E-state index in [1.54, 1.807) is 13.8 Å². The molecule has 4 bridgehead atoms. The number of nitrogens with one attached hydrogen (secondary N) is 3. The molecule has 0 spiro atoms. The number of ether oxygens (including phenoxy) is 1. The smallest absolute Gasteiger partial charge is 0.321 e. The van der Waals surface area contributed by atoms with Gasteiger partial charge in [0.15, 0.2) is 6.10 Å². The lowest BCUT2D eigenvalue weighted by Crippen LogP contribution is -2.65. The summed E-state index contributed by atoms with van der Waals surface area (Å²) < 4.78 is 5.51. The largest absolute Gasteiger partial charge is 0.452 e. The highest BCUT2D eigenvalue weighted by atomic mass is 16.5. The van der Waals surface area contributed by atoms with Crippen LogP contribution in [0.5, 0.6) is 0 Å². The maximum absolute atomic E-state index is 13.1. The molecular weight excluding hydrogens is 362 g/mol. The third-order valence-electron chi connectivity index (χ3n) is 6.24. The fourth-order valence-corrected chi connectivity index (χ4v) is 5.87. The van der Waals surface area contributed by atoms with E-state index in [9.17, 15) is 19.2 Å². The Balaban J connectivity index is 1.66. The van der Waals surface area contributed by atoms with Crippen LogP contribution in [0.25, 0.3) is 0 Å². The number of hydrogen-bond acceptors (Lipinski definition) is 5. The fourth-order valence-electron chi connectivity index (χ4n) is 5.87. The SMILES string of the molecule is CC(=O)NC12CC3CC(C1)CC(C(=O)OC(C)C(=O)NC(=O)NC(C)C)(C3)C2. The second-order valence-corrected chi connectivity index (χ2v) is 9.37. The van der Waals surface area contributed by atoms with Crippen LogP contribution in [0.4, 0.5) is 4.79 Å². The average Bonchev–Trinajstić information content (AvgIpc) is 2.50. The molecule has 4 saturated carbocycles. The molecule has 0 aliphatic heterocycles. The van der Waals surface area contributed by atoms with Crippen LogP contribution < -0.4 is 16.0 Å². The van der Waals surface area contributed by atoms with E-state index < -0.39 is 23.5 Å². The molecular formula is C20H31N3O5. The van der Waals surface area contributed by atoms with Gasteiger partial charge in [-0.15, -0.1) is 0 Å². The van der Waals surface area contributed by atoms with Gasteiger partial charge in [0.2, 0.25) is 5.91 Å². The van der Waals surface area contributed by atoms with E-state index in [4.69, 9.17) is 4.74 Å². The van der Waals surface area contributed by atoms with Gasteiger partial charge in [-0.25, -0.2) is 4.79 Å². The van der Waals surface area contributed by atoms with Crippen LogP contribution >= 0.6 is 0 Å². The van der Waals surface area contributed by atoms with Crippen molar-refractivity contribution < 1.29 is 23.9 Å². The van der Waals surface area contributed by atoms with Crippen molar-refractivity contribution in [3.63, 3.8) is 0 Å². The average molecular weight is 393 g/mol. The quantitative estimate of drug-likeness (QED) is 0.614. The number of esters is 1. The van der Waals surface area contributed by atoms with Gasteiger partial charge in [0.05, 0.1) is 5.41 Å². The highest BCUT2D eigenvalue weighted by Crippen LogP contribution is 2.62. The van der Waals surface area contributed by atoms with E-state index >= 15 is 0 Å². The summed E-state index contributed by atoms with van der Waals surface area (Å²) in [6.07, 6.45) is 3.88. The van der Waals surface area contributed by atoms with Gasteiger partial charge in [-0.1, -0.05) is 0 Å². The summed E-state index contributed by atoms with van der Waals surface area (Å²) in [5, 5.41) is 7.87. The first-order valence-corrected chi connectivity index (χ1v) is 10.1. The lowest BCUT2D eigenvalue weighted by atomic mass is 9.47. The molecule has 28 heavy (non-hydrogen) atoms. The molecule has 0 radical (unpaired) electrons. The third-order valence-corrected chi connectivity index (χ3v) is 6.24. The van der Waals surface area contributed by atoms with Gasteiger partial charge < -0.3 is 15.4 Å². The zero-order chi connectivity index (χ0) is 20.7. The Hall–Kier alpha value is -2.12. The zero-order valence-corrected chi connectivity index (χ0v) is 17.1. The minimum absolute atomic E-state index is 0.0746. The predicted molar refractivity (Wildman–Crippen MR) is 101 cm³/mol. The summed E-state index contributed by atoms with van der Waals surface area (Å²) in [6.45, 7) is 6.55. The molecule has 0 aromatic heterocycles. The van der Waals surface area contributed by atoms with Gasteiger partial charge in [0.25, 0.3) is 5.91 Å². The maximum atomic E-state index is 13.1. The second-order valence-electron chi connectivity index (χ2n) is 9.37. The number of carbonyl (C=O) groups is 4. The summed E-state index contributed by atoms with van der Waals surface area (Å²) in [5.74, 6) is -0.325. The Kier molecular flexibility index (Phi) is 5.42. The van der Waals surface area contributed by atoms with Crippen LogP contribution in [0.2, 0.25) is 0 Å². The molecule has 0 heterocycles. The third kappa shape index (κ3) is 4.15. The summed E-state index contributed by atoms with van der Waals surface area (Å²) in [5.41, 5.74) is -0.987. The van der Waals surface area contributed by atoms with Crippen LogP contribution in [0, 0.1) is 17.3 Å². The summed E-state index contributed by atoms with van der Waals surface area (Å²) >= 11 is 0. The monoisotopic (exact) mass is 393 g/mol. The Morgan fingerprint density at radius 1 is 1.00 bits per heavy atom. The standard InChI is InChI=1S/C20H31N3O5/c1-11(2)21-18(27)22-16(25)12(3)28-17(26)19-6-14-5-15(7-19)9-20(8-14,10-19)23-13(4)24/h11-12,14-15H,5-10H2,1-4H3,(H,23,24)(H2,21,22,25,27). The van der Waals surface area contributed by atoms with Gasteiger partial charge in [0, 0.05) is 18.5 Å². The number of hydrogen-bond donors (Lipinski definition) is 3. The summed E-state index contributed by atoms with van der Waals surface area (Å²) in [4.78, 5) is 48.7. The molecule has 0 saturated heterocycles. The van der Waals surface area contributed by atoms with Gasteiger partial charge in [-0.3, -0.25) is 19.7 Å². The number of amides is 4. The minimum atomic E-state index is -1.06. The van der Waals surface area contributed by atoms with Crippen LogP contribution in [-0.4, -0.2) is 41.5 Å². The Morgan fingerprint density at radius 2 is 1.61 bits per heavy atom. The highest BCUT2D eigenvalue weighted by Gasteiger charge is 2.61. The lowest BCUT2D eigenvalue weighted by Gasteiger charge is -2.60.